The molecule has 0 fully saturated rings. The second-order valence-electron chi connectivity index (χ2n) is 5.22. The zero-order valence-corrected chi connectivity index (χ0v) is 14.3. The van der Waals surface area contributed by atoms with Crippen LogP contribution in [0, 0.1) is 0 Å². The molecule has 0 aliphatic heterocycles. The van der Waals surface area contributed by atoms with Gasteiger partial charge in [-0.05, 0) is 23.4 Å². The summed E-state index contributed by atoms with van der Waals surface area (Å²) in [6.07, 6.45) is 1.04. The van der Waals surface area contributed by atoms with Gasteiger partial charge in [-0.1, -0.05) is 36.4 Å². The molecule has 2 amide bonds. The van der Waals surface area contributed by atoms with Gasteiger partial charge in [-0.15, -0.1) is 11.3 Å². The average Bonchev–Trinajstić information content (AvgIpc) is 3.13. The second kappa shape index (κ2) is 10.6. The number of thiophene rings is 1. The van der Waals surface area contributed by atoms with E-state index in [2.05, 4.69) is 10.6 Å². The minimum atomic E-state index is -0.132. The molecule has 2 N–H and O–H groups in total. The molecule has 1 aromatic carbocycles. The molecule has 0 spiro atoms. The van der Waals surface area contributed by atoms with E-state index in [9.17, 15) is 9.59 Å². The molecule has 0 saturated heterocycles. The minimum absolute atomic E-state index is 0.0652. The Labute approximate surface area is 146 Å². The molecule has 0 aliphatic carbocycles. The Bertz CT molecular complexity index is 614. The first kappa shape index (κ1) is 18.2. The highest BCUT2D eigenvalue weighted by Gasteiger charge is 2.06. The van der Waals surface area contributed by atoms with Crippen LogP contribution in [0.3, 0.4) is 0 Å². The first-order valence-corrected chi connectivity index (χ1v) is 8.84. The number of nitrogens with one attached hydrogen (secondary N) is 2. The predicted octanol–water partition coefficient (Wildman–Crippen LogP) is 2.59. The fourth-order valence-electron chi connectivity index (χ4n) is 2.04. The molecule has 128 valence electrons. The summed E-state index contributed by atoms with van der Waals surface area (Å²) in [5.41, 5.74) is 1.14. The summed E-state index contributed by atoms with van der Waals surface area (Å²) < 4.78 is 5.55. The molecule has 6 heteroatoms. The van der Waals surface area contributed by atoms with Crippen LogP contribution in [0.15, 0.2) is 47.8 Å². The largest absolute Gasteiger partial charge is 0.377 e. The molecule has 0 aliphatic rings. The van der Waals surface area contributed by atoms with Gasteiger partial charge < -0.3 is 15.4 Å². The van der Waals surface area contributed by atoms with Crippen molar-refractivity contribution in [3.63, 3.8) is 0 Å². The van der Waals surface area contributed by atoms with Crippen molar-refractivity contribution >= 4 is 23.2 Å². The van der Waals surface area contributed by atoms with Gasteiger partial charge in [-0.3, -0.25) is 9.59 Å². The summed E-state index contributed by atoms with van der Waals surface area (Å²) in [6, 6.07) is 13.6. The minimum Gasteiger partial charge on any atom is -0.377 e. The van der Waals surface area contributed by atoms with Crippen molar-refractivity contribution in [1.82, 2.24) is 10.6 Å². The van der Waals surface area contributed by atoms with Crippen molar-refractivity contribution in [3.8, 4) is 0 Å². The van der Waals surface area contributed by atoms with Gasteiger partial charge >= 0.3 is 0 Å². The van der Waals surface area contributed by atoms with Gasteiger partial charge in [0.2, 0.25) is 5.91 Å². The van der Waals surface area contributed by atoms with Gasteiger partial charge in [0, 0.05) is 26.1 Å². The molecule has 2 rings (SSSR count). The van der Waals surface area contributed by atoms with E-state index in [1.165, 1.54) is 11.3 Å². The fraction of sp³-hybridized carbons (Fsp3) is 0.333. The van der Waals surface area contributed by atoms with Gasteiger partial charge in [-0.25, -0.2) is 0 Å². The lowest BCUT2D eigenvalue weighted by Crippen LogP contribution is -2.31. The van der Waals surface area contributed by atoms with Crippen LogP contribution in [0.2, 0.25) is 0 Å². The molecule has 1 aromatic heterocycles. The van der Waals surface area contributed by atoms with E-state index in [0.29, 0.717) is 31.2 Å². The van der Waals surface area contributed by atoms with Gasteiger partial charge in [0.05, 0.1) is 11.5 Å². The summed E-state index contributed by atoms with van der Waals surface area (Å²) in [5, 5.41) is 7.40. The summed E-state index contributed by atoms with van der Waals surface area (Å²) >= 11 is 1.38. The molecule has 5 nitrogen and oxygen atoms in total. The second-order valence-corrected chi connectivity index (χ2v) is 6.17. The number of hydrogen-bond acceptors (Lipinski definition) is 4. The highest BCUT2D eigenvalue weighted by Crippen LogP contribution is 2.07. The van der Waals surface area contributed by atoms with E-state index in [4.69, 9.17) is 4.74 Å². The van der Waals surface area contributed by atoms with E-state index in [-0.39, 0.29) is 18.2 Å². The van der Waals surface area contributed by atoms with E-state index in [1.54, 1.807) is 6.07 Å². The first-order chi connectivity index (χ1) is 11.8. The average molecular weight is 346 g/mol. The number of carbonyl (C=O) groups excluding carboxylic acids is 2. The summed E-state index contributed by atoms with van der Waals surface area (Å²) in [4.78, 5) is 24.0. The smallest absolute Gasteiger partial charge is 0.261 e. The number of rotatable bonds is 10. The van der Waals surface area contributed by atoms with Crippen molar-refractivity contribution in [2.45, 2.75) is 19.4 Å². The molecule has 24 heavy (non-hydrogen) atoms. The Morgan fingerprint density at radius 3 is 2.58 bits per heavy atom. The Morgan fingerprint density at radius 1 is 1.00 bits per heavy atom. The Hall–Kier alpha value is -2.18. The van der Waals surface area contributed by atoms with Crippen LogP contribution in [0.4, 0.5) is 0 Å². The maximum atomic E-state index is 11.7. The van der Waals surface area contributed by atoms with Gasteiger partial charge in [-0.2, -0.15) is 0 Å². The topological polar surface area (TPSA) is 67.4 Å². The van der Waals surface area contributed by atoms with Crippen molar-refractivity contribution in [1.29, 1.82) is 0 Å². The Kier molecular flexibility index (Phi) is 8.00. The third kappa shape index (κ3) is 6.93. The first-order valence-electron chi connectivity index (χ1n) is 7.96. The molecule has 0 saturated carbocycles. The van der Waals surface area contributed by atoms with E-state index >= 15 is 0 Å². The number of amides is 2. The molecular weight excluding hydrogens is 324 g/mol. The Morgan fingerprint density at radius 2 is 1.83 bits per heavy atom. The van der Waals surface area contributed by atoms with Crippen molar-refractivity contribution in [2.24, 2.45) is 0 Å². The third-order valence-electron chi connectivity index (χ3n) is 3.28. The van der Waals surface area contributed by atoms with Crippen LogP contribution < -0.4 is 10.6 Å². The van der Waals surface area contributed by atoms with Crippen molar-refractivity contribution in [3.05, 3.63) is 58.3 Å². The van der Waals surface area contributed by atoms with Gasteiger partial charge in [0.25, 0.3) is 5.91 Å². The molecule has 0 unspecified atom stereocenters. The lowest BCUT2D eigenvalue weighted by Gasteiger charge is -2.07. The molecule has 0 radical (unpaired) electrons. The highest BCUT2D eigenvalue weighted by atomic mass is 32.1. The Balaban J connectivity index is 1.46. The third-order valence-corrected chi connectivity index (χ3v) is 4.15. The van der Waals surface area contributed by atoms with Crippen LogP contribution in [-0.4, -0.2) is 31.5 Å². The van der Waals surface area contributed by atoms with Crippen LogP contribution in [0.5, 0.6) is 0 Å². The molecule has 1 heterocycles. The van der Waals surface area contributed by atoms with Gasteiger partial charge in [0.15, 0.2) is 0 Å². The monoisotopic (exact) mass is 346 g/mol. The zero-order chi connectivity index (χ0) is 17.0. The SMILES string of the molecule is O=C(CCNC(=O)c1cccs1)NCCCOCc1ccccc1. The van der Waals surface area contributed by atoms with Crippen LogP contribution in [0.1, 0.15) is 28.1 Å². The predicted molar refractivity (Wildman–Crippen MR) is 95.0 cm³/mol. The van der Waals surface area contributed by atoms with Crippen molar-refractivity contribution < 1.29 is 14.3 Å². The zero-order valence-electron chi connectivity index (χ0n) is 13.5. The molecule has 0 atom stereocenters. The normalized spacial score (nSPS) is 10.3. The maximum Gasteiger partial charge on any atom is 0.261 e. The number of hydrogen-bond donors (Lipinski definition) is 2. The van der Waals surface area contributed by atoms with Crippen molar-refractivity contribution in [2.75, 3.05) is 19.7 Å². The number of benzene rings is 1. The molecule has 2 aromatic rings. The number of carbonyl (C=O) groups is 2. The highest BCUT2D eigenvalue weighted by molar-refractivity contribution is 7.12. The number of ether oxygens (including phenoxy) is 1. The lowest BCUT2D eigenvalue weighted by atomic mass is 10.2. The van der Waals surface area contributed by atoms with E-state index in [1.807, 2.05) is 41.8 Å². The van der Waals surface area contributed by atoms with Crippen LogP contribution in [-0.2, 0) is 16.1 Å². The summed E-state index contributed by atoms with van der Waals surface area (Å²) in [7, 11) is 0. The van der Waals surface area contributed by atoms with Crippen LogP contribution in [0.25, 0.3) is 0 Å². The summed E-state index contributed by atoms with van der Waals surface area (Å²) in [6.45, 7) is 2.10. The molecular formula is C18H22N2O3S. The summed E-state index contributed by atoms with van der Waals surface area (Å²) in [5.74, 6) is -0.198. The fourth-order valence-corrected chi connectivity index (χ4v) is 2.68. The quantitative estimate of drug-likeness (QED) is 0.650. The maximum absolute atomic E-state index is 11.7. The van der Waals surface area contributed by atoms with Crippen LogP contribution >= 0.6 is 11.3 Å². The molecule has 0 bridgehead atoms. The van der Waals surface area contributed by atoms with E-state index < -0.39 is 0 Å². The van der Waals surface area contributed by atoms with E-state index in [0.717, 1.165) is 12.0 Å². The standard InChI is InChI=1S/C18H22N2O3S/c21-17(9-11-20-18(22)16-8-4-13-24-16)19-10-5-12-23-14-15-6-2-1-3-7-15/h1-4,6-8,13H,5,9-12,14H2,(H,19,21)(H,20,22). The lowest BCUT2D eigenvalue weighted by molar-refractivity contribution is -0.121. The van der Waals surface area contributed by atoms with Gasteiger partial charge in [0.1, 0.15) is 0 Å².